The number of anilines is 1. The molecule has 0 bridgehead atoms. The molecule has 4 heteroatoms. The molecule has 0 atom stereocenters. The molecule has 1 heterocycles. The van der Waals surface area contributed by atoms with Gasteiger partial charge in [-0.05, 0) is 12.1 Å². The molecule has 1 aromatic carbocycles. The van der Waals surface area contributed by atoms with Gasteiger partial charge in [-0.1, -0.05) is 6.07 Å². The van der Waals surface area contributed by atoms with Gasteiger partial charge < -0.3 is 4.90 Å². The molecule has 0 amide bonds. The van der Waals surface area contributed by atoms with Gasteiger partial charge in [-0.3, -0.25) is 4.79 Å². The quantitative estimate of drug-likeness (QED) is 0.686. The molecule has 0 saturated carbocycles. The summed E-state index contributed by atoms with van der Waals surface area (Å²) >= 11 is 0. The summed E-state index contributed by atoms with van der Waals surface area (Å²) in [5.74, 6) is 0. The zero-order chi connectivity index (χ0) is 10.8. The van der Waals surface area contributed by atoms with Crippen LogP contribution in [0.4, 0.5) is 10.1 Å². The molecule has 0 aromatic heterocycles. The van der Waals surface area contributed by atoms with Crippen LogP contribution in [0, 0.1) is 11.3 Å². The summed E-state index contributed by atoms with van der Waals surface area (Å²) in [6.45, 7) is 0.527. The maximum absolute atomic E-state index is 12.7. The van der Waals surface area contributed by atoms with Gasteiger partial charge in [0.15, 0.2) is 6.29 Å². The highest BCUT2D eigenvalue weighted by molar-refractivity contribution is 5.87. The van der Waals surface area contributed by atoms with E-state index in [-0.39, 0.29) is 13.1 Å². The van der Waals surface area contributed by atoms with E-state index >= 15 is 0 Å². The third-order valence-electron chi connectivity index (χ3n) is 2.47. The molecule has 2 rings (SSSR count). The second kappa shape index (κ2) is 3.70. The van der Waals surface area contributed by atoms with Crippen molar-refractivity contribution >= 4 is 12.0 Å². The minimum atomic E-state index is -0.851. The van der Waals surface area contributed by atoms with Crippen molar-refractivity contribution in [1.82, 2.24) is 0 Å². The van der Waals surface area contributed by atoms with E-state index in [0.29, 0.717) is 23.1 Å². The molecule has 1 aromatic rings. The predicted octanol–water partition coefficient (Wildman–Crippen LogP) is 1.53. The first-order valence-corrected chi connectivity index (χ1v) is 4.63. The third kappa shape index (κ3) is 1.57. The third-order valence-corrected chi connectivity index (χ3v) is 2.47. The maximum Gasteiger partial charge on any atom is 0.152 e. The Kier molecular flexibility index (Phi) is 2.38. The van der Waals surface area contributed by atoms with E-state index in [0.717, 1.165) is 0 Å². The van der Waals surface area contributed by atoms with Crippen LogP contribution in [0.25, 0.3) is 0 Å². The Morgan fingerprint density at radius 1 is 1.53 bits per heavy atom. The van der Waals surface area contributed by atoms with Crippen molar-refractivity contribution in [2.75, 3.05) is 18.0 Å². The average molecular weight is 204 g/mol. The number of nitriles is 1. The number of carbonyl (C=O) groups excluding carboxylic acids is 1. The SMILES string of the molecule is N#Cc1cccc(C=O)c1N1CC(F)C1. The second-order valence-electron chi connectivity index (χ2n) is 3.48. The molecule has 1 aliphatic rings. The molecule has 3 nitrogen and oxygen atoms in total. The number of aldehydes is 1. The van der Waals surface area contributed by atoms with Crippen molar-refractivity contribution in [2.24, 2.45) is 0 Å². The molecular formula is C11H9FN2O. The number of carbonyl (C=O) groups is 1. The summed E-state index contributed by atoms with van der Waals surface area (Å²) < 4.78 is 12.7. The Bertz CT molecular complexity index is 433. The van der Waals surface area contributed by atoms with Crippen LogP contribution in [-0.4, -0.2) is 25.5 Å². The topological polar surface area (TPSA) is 44.1 Å². The first kappa shape index (κ1) is 9.66. The zero-order valence-electron chi connectivity index (χ0n) is 7.98. The van der Waals surface area contributed by atoms with Gasteiger partial charge in [0.05, 0.1) is 24.3 Å². The molecule has 0 N–H and O–H groups in total. The van der Waals surface area contributed by atoms with Crippen molar-refractivity contribution in [3.63, 3.8) is 0 Å². The minimum absolute atomic E-state index is 0.263. The molecule has 0 spiro atoms. The second-order valence-corrected chi connectivity index (χ2v) is 3.48. The molecule has 1 aliphatic heterocycles. The van der Waals surface area contributed by atoms with Gasteiger partial charge in [-0.15, -0.1) is 0 Å². The number of halogens is 1. The number of para-hydroxylation sites is 1. The van der Waals surface area contributed by atoms with Gasteiger partial charge in [-0.25, -0.2) is 4.39 Å². The van der Waals surface area contributed by atoms with Crippen LogP contribution < -0.4 is 4.90 Å². The first-order valence-electron chi connectivity index (χ1n) is 4.63. The van der Waals surface area contributed by atoms with Gasteiger partial charge in [0.25, 0.3) is 0 Å². The number of hydrogen-bond acceptors (Lipinski definition) is 3. The van der Waals surface area contributed by atoms with E-state index in [9.17, 15) is 9.18 Å². The van der Waals surface area contributed by atoms with Crippen molar-refractivity contribution < 1.29 is 9.18 Å². The minimum Gasteiger partial charge on any atom is -0.364 e. The fourth-order valence-corrected chi connectivity index (χ4v) is 1.71. The van der Waals surface area contributed by atoms with Gasteiger partial charge in [0.1, 0.15) is 12.2 Å². The van der Waals surface area contributed by atoms with Crippen LogP contribution in [0.1, 0.15) is 15.9 Å². The first-order chi connectivity index (χ1) is 7.26. The number of hydrogen-bond donors (Lipinski definition) is 0. The van der Waals surface area contributed by atoms with Crippen LogP contribution in [0.15, 0.2) is 18.2 Å². The fourth-order valence-electron chi connectivity index (χ4n) is 1.71. The van der Waals surface area contributed by atoms with E-state index in [1.54, 1.807) is 23.1 Å². The van der Waals surface area contributed by atoms with E-state index in [1.165, 1.54) is 0 Å². The number of rotatable bonds is 2. The summed E-state index contributed by atoms with van der Waals surface area (Å²) in [4.78, 5) is 12.5. The Hall–Kier alpha value is -1.89. The standard InChI is InChI=1S/C11H9FN2O/c12-10-5-14(6-10)11-8(4-13)2-1-3-9(11)7-15/h1-3,7,10H,5-6H2. The lowest BCUT2D eigenvalue weighted by molar-refractivity contribution is 0.112. The summed E-state index contributed by atoms with van der Waals surface area (Å²) in [6.07, 6.45) is -0.155. The molecule has 76 valence electrons. The smallest absolute Gasteiger partial charge is 0.152 e. The average Bonchev–Trinajstić information content (AvgIpc) is 2.23. The van der Waals surface area contributed by atoms with Crippen LogP contribution >= 0.6 is 0 Å². The Balaban J connectivity index is 2.43. The lowest BCUT2D eigenvalue weighted by atomic mass is 10.0. The van der Waals surface area contributed by atoms with Gasteiger partial charge in [-0.2, -0.15) is 5.26 Å². The number of nitrogens with zero attached hydrogens (tertiary/aromatic N) is 2. The Morgan fingerprint density at radius 3 is 2.80 bits per heavy atom. The molecule has 0 aliphatic carbocycles. The van der Waals surface area contributed by atoms with Gasteiger partial charge >= 0.3 is 0 Å². The van der Waals surface area contributed by atoms with E-state index in [4.69, 9.17) is 5.26 Å². The Morgan fingerprint density at radius 2 is 2.27 bits per heavy atom. The van der Waals surface area contributed by atoms with Crippen LogP contribution in [0.5, 0.6) is 0 Å². The van der Waals surface area contributed by atoms with E-state index in [1.807, 2.05) is 6.07 Å². The maximum atomic E-state index is 12.7. The molecule has 0 unspecified atom stereocenters. The predicted molar refractivity (Wildman–Crippen MR) is 53.7 cm³/mol. The fraction of sp³-hybridized carbons (Fsp3) is 0.273. The summed E-state index contributed by atoms with van der Waals surface area (Å²) in [5.41, 5.74) is 1.43. The Labute approximate surface area is 86.7 Å². The molecular weight excluding hydrogens is 195 g/mol. The van der Waals surface area contributed by atoms with Gasteiger partial charge in [0.2, 0.25) is 0 Å². The van der Waals surface area contributed by atoms with Gasteiger partial charge in [0, 0.05) is 5.56 Å². The van der Waals surface area contributed by atoms with E-state index in [2.05, 4.69) is 0 Å². The molecule has 1 saturated heterocycles. The highest BCUT2D eigenvalue weighted by Crippen LogP contribution is 2.29. The summed E-state index contributed by atoms with van der Waals surface area (Å²) in [7, 11) is 0. The van der Waals surface area contributed by atoms with Crippen LogP contribution in [0.2, 0.25) is 0 Å². The number of benzene rings is 1. The molecule has 1 fully saturated rings. The number of alkyl halides is 1. The zero-order valence-corrected chi connectivity index (χ0v) is 7.98. The van der Waals surface area contributed by atoms with E-state index < -0.39 is 6.17 Å². The van der Waals surface area contributed by atoms with Crippen molar-refractivity contribution in [3.05, 3.63) is 29.3 Å². The lowest BCUT2D eigenvalue weighted by Gasteiger charge is -2.37. The molecule has 0 radical (unpaired) electrons. The highest BCUT2D eigenvalue weighted by atomic mass is 19.1. The van der Waals surface area contributed by atoms with Crippen LogP contribution in [-0.2, 0) is 0 Å². The summed E-state index contributed by atoms with van der Waals surface area (Å²) in [5, 5.41) is 8.89. The van der Waals surface area contributed by atoms with Crippen molar-refractivity contribution in [2.45, 2.75) is 6.17 Å². The van der Waals surface area contributed by atoms with Crippen LogP contribution in [0.3, 0.4) is 0 Å². The van der Waals surface area contributed by atoms with Crippen molar-refractivity contribution in [1.29, 1.82) is 5.26 Å². The highest BCUT2D eigenvalue weighted by Gasteiger charge is 2.29. The monoisotopic (exact) mass is 204 g/mol. The molecule has 15 heavy (non-hydrogen) atoms. The normalized spacial score (nSPS) is 15.6. The largest absolute Gasteiger partial charge is 0.364 e. The lowest BCUT2D eigenvalue weighted by Crippen LogP contribution is -2.49. The summed E-state index contributed by atoms with van der Waals surface area (Å²) in [6, 6.07) is 6.93. The van der Waals surface area contributed by atoms with Crippen molar-refractivity contribution in [3.8, 4) is 6.07 Å².